The maximum Gasteiger partial charge on any atom is 0.140 e. The Hall–Kier alpha value is -0.660. The molecule has 17 heavy (non-hydrogen) atoms. The van der Waals surface area contributed by atoms with E-state index in [1.807, 2.05) is 41.5 Å². The van der Waals surface area contributed by atoms with Crippen LogP contribution < -0.4 is 0 Å². The van der Waals surface area contributed by atoms with E-state index < -0.39 is 0 Å². The van der Waals surface area contributed by atoms with Crippen molar-refractivity contribution in [3.63, 3.8) is 0 Å². The van der Waals surface area contributed by atoms with Crippen LogP contribution in [0.25, 0.3) is 0 Å². The molecule has 2 heteroatoms. The van der Waals surface area contributed by atoms with E-state index in [1.165, 1.54) is 0 Å². The molecule has 0 amide bonds. The minimum absolute atomic E-state index is 0.0887. The Balaban J connectivity index is 4.30. The number of carbonyl (C=O) groups is 2. The summed E-state index contributed by atoms with van der Waals surface area (Å²) in [6.45, 7) is 13.5. The van der Waals surface area contributed by atoms with E-state index in [2.05, 4.69) is 0 Å². The smallest absolute Gasteiger partial charge is 0.140 e. The second-order valence-electron chi connectivity index (χ2n) is 6.70. The average Bonchev–Trinajstić information content (AvgIpc) is 2.15. The lowest BCUT2D eigenvalue weighted by Gasteiger charge is -2.27. The van der Waals surface area contributed by atoms with Gasteiger partial charge in [-0.2, -0.15) is 0 Å². The molecule has 0 aliphatic heterocycles. The fourth-order valence-electron chi connectivity index (χ4n) is 2.05. The van der Waals surface area contributed by atoms with Gasteiger partial charge in [0.05, 0.1) is 0 Å². The second-order valence-corrected chi connectivity index (χ2v) is 6.70. The molecule has 0 saturated heterocycles. The highest BCUT2D eigenvalue weighted by molar-refractivity contribution is 5.85. The summed E-state index contributed by atoms with van der Waals surface area (Å²) in [6.07, 6.45) is 2.65. The molecule has 2 nitrogen and oxygen atoms in total. The lowest BCUT2D eigenvalue weighted by molar-refractivity contribution is -0.130. The molecule has 0 aliphatic rings. The van der Waals surface area contributed by atoms with E-state index in [-0.39, 0.29) is 22.5 Å². The van der Waals surface area contributed by atoms with Gasteiger partial charge >= 0.3 is 0 Å². The third-order valence-electron chi connectivity index (χ3n) is 3.75. The van der Waals surface area contributed by atoms with E-state index in [4.69, 9.17) is 0 Å². The molecule has 0 atom stereocenters. The number of rotatable bonds is 7. The van der Waals surface area contributed by atoms with E-state index in [9.17, 15) is 9.59 Å². The van der Waals surface area contributed by atoms with Gasteiger partial charge in [-0.25, -0.2) is 0 Å². The average molecular weight is 240 g/mol. The molecule has 0 saturated carbocycles. The molecule has 100 valence electrons. The van der Waals surface area contributed by atoms with Gasteiger partial charge in [-0.1, -0.05) is 48.0 Å². The third kappa shape index (κ3) is 5.01. The lowest BCUT2D eigenvalue weighted by atomic mass is 9.75. The van der Waals surface area contributed by atoms with Crippen LogP contribution in [0.1, 0.15) is 67.7 Å². The van der Waals surface area contributed by atoms with Crippen molar-refractivity contribution in [2.45, 2.75) is 67.7 Å². The Morgan fingerprint density at radius 1 is 0.941 bits per heavy atom. The first-order valence-corrected chi connectivity index (χ1v) is 6.56. The Morgan fingerprint density at radius 3 is 1.71 bits per heavy atom. The normalized spacial score (nSPS) is 12.9. The first kappa shape index (κ1) is 16.3. The molecule has 0 aromatic carbocycles. The zero-order valence-electron chi connectivity index (χ0n) is 12.5. The topological polar surface area (TPSA) is 34.1 Å². The Bertz CT molecular complexity index is 285. The molecular formula is C15H28O2. The summed E-state index contributed by atoms with van der Waals surface area (Å²) in [4.78, 5) is 23.4. The Labute approximate surface area is 106 Å². The highest BCUT2D eigenvalue weighted by Crippen LogP contribution is 2.31. The summed E-state index contributed by atoms with van der Waals surface area (Å²) in [6, 6.07) is 0. The number of ketones is 2. The first-order valence-electron chi connectivity index (χ1n) is 6.56. The molecule has 0 bridgehead atoms. The van der Waals surface area contributed by atoms with Gasteiger partial charge in [-0.05, 0) is 19.8 Å². The Kier molecular flexibility index (Phi) is 5.57. The molecule has 0 spiro atoms. The highest BCUT2D eigenvalue weighted by Gasteiger charge is 2.30. The number of hydrogen-bond donors (Lipinski definition) is 0. The minimum atomic E-state index is -0.263. The zero-order valence-corrected chi connectivity index (χ0v) is 12.5. The summed E-state index contributed by atoms with van der Waals surface area (Å²) in [5, 5.41) is 0. The SMILES string of the molecule is CC(=O)C(C)(C)CCCC(C)(C)C(=O)C(C)C. The predicted octanol–water partition coefficient (Wildman–Crippen LogP) is 4.02. The van der Waals surface area contributed by atoms with E-state index in [0.717, 1.165) is 19.3 Å². The van der Waals surface area contributed by atoms with Crippen molar-refractivity contribution in [1.82, 2.24) is 0 Å². The predicted molar refractivity (Wildman–Crippen MR) is 71.9 cm³/mol. The monoisotopic (exact) mass is 240 g/mol. The molecule has 0 radical (unpaired) electrons. The molecule has 0 N–H and O–H groups in total. The quantitative estimate of drug-likeness (QED) is 0.673. The molecule has 0 aromatic rings. The standard InChI is InChI=1S/C15H28O2/c1-11(2)13(17)15(6,7)10-8-9-14(4,5)12(3)16/h11H,8-10H2,1-7H3. The first-order chi connectivity index (χ1) is 7.50. The fourth-order valence-corrected chi connectivity index (χ4v) is 2.05. The van der Waals surface area contributed by atoms with Gasteiger partial charge in [0.25, 0.3) is 0 Å². The van der Waals surface area contributed by atoms with Crippen LogP contribution in [0.4, 0.5) is 0 Å². The molecule has 0 aromatic heterocycles. The van der Waals surface area contributed by atoms with Crippen LogP contribution in [0.2, 0.25) is 0 Å². The largest absolute Gasteiger partial charge is 0.299 e. The van der Waals surface area contributed by atoms with Gasteiger partial charge in [-0.3, -0.25) is 9.59 Å². The fraction of sp³-hybridized carbons (Fsp3) is 0.867. The number of carbonyl (C=O) groups excluding carboxylic acids is 2. The molecule has 0 heterocycles. The molecule has 0 fully saturated rings. The van der Waals surface area contributed by atoms with Crippen LogP contribution in [0.15, 0.2) is 0 Å². The Morgan fingerprint density at radius 2 is 1.35 bits per heavy atom. The van der Waals surface area contributed by atoms with Gasteiger partial charge in [0.2, 0.25) is 0 Å². The van der Waals surface area contributed by atoms with Crippen LogP contribution in [-0.4, -0.2) is 11.6 Å². The summed E-state index contributed by atoms with van der Waals surface area (Å²) < 4.78 is 0. The summed E-state index contributed by atoms with van der Waals surface area (Å²) >= 11 is 0. The molecular weight excluding hydrogens is 212 g/mol. The highest BCUT2D eigenvalue weighted by atomic mass is 16.1. The summed E-state index contributed by atoms with van der Waals surface area (Å²) in [5.74, 6) is 0.634. The van der Waals surface area contributed by atoms with Crippen molar-refractivity contribution in [3.05, 3.63) is 0 Å². The van der Waals surface area contributed by atoms with Gasteiger partial charge in [0, 0.05) is 16.7 Å². The molecule has 0 unspecified atom stereocenters. The van der Waals surface area contributed by atoms with Crippen molar-refractivity contribution >= 4 is 11.6 Å². The van der Waals surface area contributed by atoms with Crippen molar-refractivity contribution < 1.29 is 9.59 Å². The van der Waals surface area contributed by atoms with Crippen molar-refractivity contribution in [1.29, 1.82) is 0 Å². The van der Waals surface area contributed by atoms with Crippen LogP contribution in [0.5, 0.6) is 0 Å². The van der Waals surface area contributed by atoms with Crippen LogP contribution in [0.3, 0.4) is 0 Å². The van der Waals surface area contributed by atoms with Gasteiger partial charge in [-0.15, -0.1) is 0 Å². The van der Waals surface area contributed by atoms with Crippen LogP contribution >= 0.6 is 0 Å². The molecule has 0 aliphatic carbocycles. The second kappa shape index (κ2) is 5.79. The van der Waals surface area contributed by atoms with E-state index in [1.54, 1.807) is 6.92 Å². The van der Waals surface area contributed by atoms with Gasteiger partial charge in [0.1, 0.15) is 11.6 Å². The maximum atomic E-state index is 12.0. The van der Waals surface area contributed by atoms with Gasteiger partial charge < -0.3 is 0 Å². The third-order valence-corrected chi connectivity index (χ3v) is 3.75. The molecule has 0 rings (SSSR count). The van der Waals surface area contributed by atoms with Crippen molar-refractivity contribution in [3.8, 4) is 0 Å². The van der Waals surface area contributed by atoms with Crippen molar-refractivity contribution in [2.24, 2.45) is 16.7 Å². The maximum absolute atomic E-state index is 12.0. The van der Waals surface area contributed by atoms with E-state index in [0.29, 0.717) is 5.78 Å². The number of hydrogen-bond acceptors (Lipinski definition) is 2. The lowest BCUT2D eigenvalue weighted by Crippen LogP contribution is -2.29. The van der Waals surface area contributed by atoms with Crippen LogP contribution in [-0.2, 0) is 9.59 Å². The van der Waals surface area contributed by atoms with E-state index >= 15 is 0 Å². The van der Waals surface area contributed by atoms with Gasteiger partial charge in [0.15, 0.2) is 0 Å². The van der Waals surface area contributed by atoms with Crippen molar-refractivity contribution in [2.75, 3.05) is 0 Å². The number of Topliss-reactive ketones (excluding diaryl/α,β-unsaturated/α-hetero) is 2. The zero-order chi connectivity index (χ0) is 13.9. The minimum Gasteiger partial charge on any atom is -0.299 e. The summed E-state index contributed by atoms with van der Waals surface area (Å²) in [5.41, 5.74) is -0.516. The summed E-state index contributed by atoms with van der Waals surface area (Å²) in [7, 11) is 0. The van der Waals surface area contributed by atoms with Crippen LogP contribution in [0, 0.1) is 16.7 Å².